The molecule has 172 valence electrons. The van der Waals surface area contributed by atoms with Gasteiger partial charge in [-0.1, -0.05) is 72.8 Å². The molecule has 4 heteroatoms. The maximum atomic E-state index is 10.7. The van der Waals surface area contributed by atoms with Crippen molar-refractivity contribution in [2.75, 3.05) is 11.5 Å². The molecule has 0 bridgehead atoms. The van der Waals surface area contributed by atoms with E-state index in [1.165, 1.54) is 22.4 Å². The van der Waals surface area contributed by atoms with Gasteiger partial charge in [0.25, 0.3) is 0 Å². The summed E-state index contributed by atoms with van der Waals surface area (Å²) < 4.78 is 5.75. The minimum absolute atomic E-state index is 0.0872. The van der Waals surface area contributed by atoms with Crippen molar-refractivity contribution in [2.24, 2.45) is 0 Å². The highest BCUT2D eigenvalue weighted by Crippen LogP contribution is 2.35. The van der Waals surface area contributed by atoms with Gasteiger partial charge < -0.3 is 14.7 Å². The monoisotopic (exact) mass is 443 g/mol. The Labute approximate surface area is 196 Å². The Morgan fingerprint density at radius 2 is 1.33 bits per heavy atom. The molecular formula is C29H33NO3. The molecule has 33 heavy (non-hydrogen) atoms. The van der Waals surface area contributed by atoms with Gasteiger partial charge in [-0.3, -0.25) is 4.79 Å². The molecule has 1 N–H and O–H groups in total. The van der Waals surface area contributed by atoms with Crippen LogP contribution >= 0.6 is 0 Å². The van der Waals surface area contributed by atoms with Crippen molar-refractivity contribution in [3.8, 4) is 0 Å². The van der Waals surface area contributed by atoms with E-state index in [2.05, 4.69) is 89.8 Å². The van der Waals surface area contributed by atoms with Gasteiger partial charge in [-0.2, -0.15) is 0 Å². The van der Waals surface area contributed by atoms with Crippen molar-refractivity contribution >= 4 is 11.7 Å². The summed E-state index contributed by atoms with van der Waals surface area (Å²) in [4.78, 5) is 13.1. The fourth-order valence-electron chi connectivity index (χ4n) is 4.68. The summed E-state index contributed by atoms with van der Waals surface area (Å²) in [5.41, 5.74) is 5.23. The van der Waals surface area contributed by atoms with Crippen LogP contribution < -0.4 is 4.90 Å². The highest BCUT2D eigenvalue weighted by molar-refractivity contribution is 5.66. The quantitative estimate of drug-likeness (QED) is 0.393. The smallest absolute Gasteiger partial charge is 0.305 e. The van der Waals surface area contributed by atoms with Gasteiger partial charge in [0.15, 0.2) is 0 Å². The number of benzene rings is 3. The van der Waals surface area contributed by atoms with E-state index in [9.17, 15) is 4.79 Å². The summed E-state index contributed by atoms with van der Waals surface area (Å²) in [6.45, 7) is 2.06. The van der Waals surface area contributed by atoms with Crippen LogP contribution in [0.25, 0.3) is 0 Å². The third kappa shape index (κ3) is 6.93. The molecule has 0 spiro atoms. The van der Waals surface area contributed by atoms with E-state index >= 15 is 0 Å². The fraction of sp³-hybridized carbons (Fsp3) is 0.345. The van der Waals surface area contributed by atoms with Gasteiger partial charge in [0.1, 0.15) is 0 Å². The lowest BCUT2D eigenvalue weighted by Gasteiger charge is -2.30. The molecule has 1 aliphatic rings. The normalized spacial score (nSPS) is 18.1. The molecule has 0 saturated heterocycles. The van der Waals surface area contributed by atoms with Crippen LogP contribution in [0, 0.1) is 0 Å². The molecular weight excluding hydrogens is 410 g/mol. The Kier molecular flexibility index (Phi) is 8.15. The van der Waals surface area contributed by atoms with E-state index in [1.54, 1.807) is 0 Å². The van der Waals surface area contributed by atoms with Crippen LogP contribution in [0.15, 0.2) is 84.9 Å². The van der Waals surface area contributed by atoms with Gasteiger partial charge in [-0.15, -0.1) is 0 Å². The lowest BCUT2D eigenvalue weighted by molar-refractivity contribution is -0.138. The van der Waals surface area contributed by atoms with Gasteiger partial charge in [0.2, 0.25) is 0 Å². The summed E-state index contributed by atoms with van der Waals surface area (Å²) in [5.74, 6) is -0.243. The second kappa shape index (κ2) is 11.7. The third-order valence-electron chi connectivity index (χ3n) is 6.51. The van der Waals surface area contributed by atoms with Crippen molar-refractivity contribution in [3.05, 3.63) is 102 Å². The molecule has 3 aromatic carbocycles. The van der Waals surface area contributed by atoms with Crippen LogP contribution in [-0.4, -0.2) is 23.8 Å². The first-order valence-corrected chi connectivity index (χ1v) is 11.9. The number of anilines is 1. The minimum atomic E-state index is -0.794. The number of rotatable bonds is 10. The molecule has 4 nitrogen and oxygen atoms in total. The first-order chi connectivity index (χ1) is 16.2. The zero-order chi connectivity index (χ0) is 22.9. The van der Waals surface area contributed by atoms with Crippen LogP contribution in [-0.2, 0) is 22.6 Å². The molecule has 1 saturated carbocycles. The van der Waals surface area contributed by atoms with E-state index in [-0.39, 0.29) is 12.5 Å². The lowest BCUT2D eigenvalue weighted by atomic mass is 9.82. The van der Waals surface area contributed by atoms with E-state index in [4.69, 9.17) is 9.84 Å². The first-order valence-electron chi connectivity index (χ1n) is 11.9. The number of hydrogen-bond donors (Lipinski definition) is 1. The largest absolute Gasteiger partial charge is 0.481 e. The van der Waals surface area contributed by atoms with Crippen molar-refractivity contribution in [1.82, 2.24) is 0 Å². The third-order valence-corrected chi connectivity index (χ3v) is 6.51. The Morgan fingerprint density at radius 1 is 0.788 bits per heavy atom. The predicted octanol–water partition coefficient (Wildman–Crippen LogP) is 6.41. The second-order valence-corrected chi connectivity index (χ2v) is 8.91. The summed E-state index contributed by atoms with van der Waals surface area (Å²) in [7, 11) is 0. The summed E-state index contributed by atoms with van der Waals surface area (Å²) in [6.07, 6.45) is 4.47. The Hall–Kier alpha value is -3.11. The van der Waals surface area contributed by atoms with E-state index in [0.29, 0.717) is 12.5 Å². The number of carboxylic acids is 1. The molecule has 1 aliphatic carbocycles. The van der Waals surface area contributed by atoms with Gasteiger partial charge in [-0.05, 0) is 60.4 Å². The number of nitrogens with zero attached hydrogens (tertiary/aromatic N) is 1. The zero-order valence-electron chi connectivity index (χ0n) is 19.1. The maximum absolute atomic E-state index is 10.7. The fourth-order valence-corrected chi connectivity index (χ4v) is 4.68. The average molecular weight is 444 g/mol. The molecule has 0 amide bonds. The van der Waals surface area contributed by atoms with Crippen molar-refractivity contribution < 1.29 is 14.6 Å². The maximum Gasteiger partial charge on any atom is 0.305 e. The SMILES string of the molecule is O=C(O)CCO[C@H]1CC[C@H](c2ccc(N(Cc3ccccc3)Cc3ccccc3)cc2)CC1. The molecule has 4 rings (SSSR count). The molecule has 3 aromatic rings. The Balaban J connectivity index is 1.39. The van der Waals surface area contributed by atoms with E-state index < -0.39 is 5.97 Å². The molecule has 1 fully saturated rings. The molecule has 0 heterocycles. The summed E-state index contributed by atoms with van der Waals surface area (Å²) >= 11 is 0. The number of ether oxygens (including phenoxy) is 1. The second-order valence-electron chi connectivity index (χ2n) is 8.91. The summed E-state index contributed by atoms with van der Waals surface area (Å²) in [6, 6.07) is 30.3. The molecule has 0 aliphatic heterocycles. The highest BCUT2D eigenvalue weighted by Gasteiger charge is 2.23. The topological polar surface area (TPSA) is 49.8 Å². The van der Waals surface area contributed by atoms with Crippen LogP contribution in [0.4, 0.5) is 5.69 Å². The van der Waals surface area contributed by atoms with Gasteiger partial charge >= 0.3 is 5.97 Å². The molecule has 0 unspecified atom stereocenters. The van der Waals surface area contributed by atoms with Crippen molar-refractivity contribution in [3.63, 3.8) is 0 Å². The average Bonchev–Trinajstić information content (AvgIpc) is 2.85. The van der Waals surface area contributed by atoms with Gasteiger partial charge in [0, 0.05) is 18.8 Å². The predicted molar refractivity (Wildman–Crippen MR) is 132 cm³/mol. The molecule has 0 radical (unpaired) electrons. The minimum Gasteiger partial charge on any atom is -0.481 e. The van der Waals surface area contributed by atoms with Gasteiger partial charge in [0.05, 0.1) is 19.1 Å². The standard InChI is InChI=1S/C29H33NO3/c31-29(32)19-20-33-28-17-13-26(14-18-28)25-11-15-27(16-12-25)30(21-23-7-3-1-4-8-23)22-24-9-5-2-6-10-24/h1-12,15-16,26,28H,13-14,17-22H2,(H,31,32)/t26-,28-. The van der Waals surface area contributed by atoms with Crippen molar-refractivity contribution in [1.29, 1.82) is 0 Å². The number of carbonyl (C=O) groups is 1. The molecule has 0 atom stereocenters. The summed E-state index contributed by atoms with van der Waals surface area (Å²) in [5, 5.41) is 8.78. The molecule has 0 aromatic heterocycles. The Bertz CT molecular complexity index is 939. The van der Waals surface area contributed by atoms with E-state index in [1.807, 2.05) is 0 Å². The number of carboxylic acid groups (broad SMARTS) is 1. The number of aliphatic carboxylic acids is 1. The van der Waals surface area contributed by atoms with E-state index in [0.717, 1.165) is 38.8 Å². The van der Waals surface area contributed by atoms with Crippen molar-refractivity contribution in [2.45, 2.75) is 57.2 Å². The highest BCUT2D eigenvalue weighted by atomic mass is 16.5. The lowest BCUT2D eigenvalue weighted by Crippen LogP contribution is -2.23. The van der Waals surface area contributed by atoms with Crippen LogP contribution in [0.5, 0.6) is 0 Å². The van der Waals surface area contributed by atoms with Crippen LogP contribution in [0.3, 0.4) is 0 Å². The zero-order valence-corrected chi connectivity index (χ0v) is 19.1. The first kappa shape index (κ1) is 23.1. The van der Waals surface area contributed by atoms with Crippen LogP contribution in [0.2, 0.25) is 0 Å². The van der Waals surface area contributed by atoms with Crippen LogP contribution in [0.1, 0.15) is 54.7 Å². The van der Waals surface area contributed by atoms with Gasteiger partial charge in [-0.25, -0.2) is 0 Å². The Morgan fingerprint density at radius 3 is 1.85 bits per heavy atom. The number of hydrogen-bond acceptors (Lipinski definition) is 3.